The maximum Gasteiger partial charge on any atom is 0.126 e. The van der Waals surface area contributed by atoms with Crippen molar-refractivity contribution in [3.8, 4) is 0 Å². The second kappa shape index (κ2) is 6.61. The molecule has 0 fully saturated rings. The van der Waals surface area contributed by atoms with Gasteiger partial charge in [0.05, 0.1) is 0 Å². The third-order valence-electron chi connectivity index (χ3n) is 2.64. The molecule has 0 aromatic heterocycles. The van der Waals surface area contributed by atoms with Crippen molar-refractivity contribution in [2.75, 3.05) is 13.2 Å². The maximum atomic E-state index is 13.1. The highest BCUT2D eigenvalue weighted by atomic mass is 19.1. The number of hydrogen-bond donors (Lipinski definition) is 2. The summed E-state index contributed by atoms with van der Waals surface area (Å²) in [6.07, 6.45) is 1.70. The van der Waals surface area contributed by atoms with E-state index in [1.54, 1.807) is 13.0 Å². The summed E-state index contributed by atoms with van der Waals surface area (Å²) in [6, 6.07) is 5.23. The Morgan fingerprint density at radius 1 is 1.44 bits per heavy atom. The highest BCUT2D eigenvalue weighted by molar-refractivity contribution is 5.26. The first-order chi connectivity index (χ1) is 7.69. The molecule has 0 bridgehead atoms. The lowest BCUT2D eigenvalue weighted by molar-refractivity contribution is 0.265. The molecule has 0 spiro atoms. The Morgan fingerprint density at radius 2 is 2.19 bits per heavy atom. The Morgan fingerprint density at radius 3 is 2.75 bits per heavy atom. The van der Waals surface area contributed by atoms with Crippen LogP contribution < -0.4 is 5.32 Å². The van der Waals surface area contributed by atoms with E-state index in [-0.39, 0.29) is 18.5 Å². The Bertz CT molecular complexity index is 328. The first-order valence-electron chi connectivity index (χ1n) is 5.79. The summed E-state index contributed by atoms with van der Waals surface area (Å²) in [4.78, 5) is 0. The molecule has 16 heavy (non-hydrogen) atoms. The zero-order chi connectivity index (χ0) is 12.0. The fraction of sp³-hybridized carbons (Fsp3) is 0.538. The van der Waals surface area contributed by atoms with Crippen molar-refractivity contribution in [1.82, 2.24) is 5.32 Å². The molecule has 0 aliphatic heterocycles. The van der Waals surface area contributed by atoms with Crippen LogP contribution in [0, 0.1) is 12.7 Å². The molecular formula is C13H20FNO. The summed E-state index contributed by atoms with van der Waals surface area (Å²) in [6.45, 7) is 4.90. The number of hydrogen-bond acceptors (Lipinski definition) is 2. The SMILES string of the molecule is CCCNC(CCO)c1ccc(F)c(C)c1. The van der Waals surface area contributed by atoms with Crippen LogP contribution in [-0.4, -0.2) is 18.3 Å². The Labute approximate surface area is 96.5 Å². The van der Waals surface area contributed by atoms with Gasteiger partial charge in [0.25, 0.3) is 0 Å². The van der Waals surface area contributed by atoms with Crippen molar-refractivity contribution in [1.29, 1.82) is 0 Å². The second-order valence-corrected chi connectivity index (χ2v) is 4.03. The van der Waals surface area contributed by atoms with Gasteiger partial charge in [0.15, 0.2) is 0 Å². The van der Waals surface area contributed by atoms with E-state index in [4.69, 9.17) is 5.11 Å². The van der Waals surface area contributed by atoms with Crippen LogP contribution in [0.1, 0.15) is 36.9 Å². The lowest BCUT2D eigenvalue weighted by Crippen LogP contribution is -2.23. The van der Waals surface area contributed by atoms with E-state index >= 15 is 0 Å². The molecule has 90 valence electrons. The summed E-state index contributed by atoms with van der Waals surface area (Å²) < 4.78 is 13.1. The molecular weight excluding hydrogens is 205 g/mol. The Kier molecular flexibility index (Phi) is 5.43. The van der Waals surface area contributed by atoms with Crippen molar-refractivity contribution in [3.63, 3.8) is 0 Å². The van der Waals surface area contributed by atoms with Gasteiger partial charge in [-0.05, 0) is 43.5 Å². The van der Waals surface area contributed by atoms with Crippen LogP contribution in [-0.2, 0) is 0 Å². The molecule has 0 saturated carbocycles. The number of nitrogens with one attached hydrogen (secondary N) is 1. The van der Waals surface area contributed by atoms with Crippen molar-refractivity contribution in [2.45, 2.75) is 32.7 Å². The quantitative estimate of drug-likeness (QED) is 0.780. The highest BCUT2D eigenvalue weighted by Crippen LogP contribution is 2.19. The van der Waals surface area contributed by atoms with Crippen LogP contribution in [0.4, 0.5) is 4.39 Å². The van der Waals surface area contributed by atoms with Gasteiger partial charge in [0, 0.05) is 12.6 Å². The monoisotopic (exact) mass is 225 g/mol. The zero-order valence-corrected chi connectivity index (χ0v) is 9.96. The van der Waals surface area contributed by atoms with Gasteiger partial charge in [-0.25, -0.2) is 4.39 Å². The summed E-state index contributed by atoms with van der Waals surface area (Å²) in [5.41, 5.74) is 1.69. The summed E-state index contributed by atoms with van der Waals surface area (Å²) in [7, 11) is 0. The van der Waals surface area contributed by atoms with Gasteiger partial charge in [-0.1, -0.05) is 19.1 Å². The molecule has 2 nitrogen and oxygen atoms in total. The minimum absolute atomic E-state index is 0.115. The van der Waals surface area contributed by atoms with Gasteiger partial charge >= 0.3 is 0 Å². The number of halogens is 1. The Balaban J connectivity index is 2.78. The van der Waals surface area contributed by atoms with Crippen LogP contribution in [0.25, 0.3) is 0 Å². The van der Waals surface area contributed by atoms with Crippen molar-refractivity contribution in [2.24, 2.45) is 0 Å². The van der Waals surface area contributed by atoms with Gasteiger partial charge in [-0.3, -0.25) is 0 Å². The first kappa shape index (κ1) is 13.1. The molecule has 1 unspecified atom stereocenters. The normalized spacial score (nSPS) is 12.8. The molecule has 0 heterocycles. The average molecular weight is 225 g/mol. The maximum absolute atomic E-state index is 13.1. The van der Waals surface area contributed by atoms with E-state index in [9.17, 15) is 4.39 Å². The van der Waals surface area contributed by atoms with E-state index in [0.29, 0.717) is 12.0 Å². The van der Waals surface area contributed by atoms with E-state index < -0.39 is 0 Å². The lowest BCUT2D eigenvalue weighted by Gasteiger charge is -2.18. The van der Waals surface area contributed by atoms with Crippen molar-refractivity contribution in [3.05, 3.63) is 35.1 Å². The van der Waals surface area contributed by atoms with E-state index in [0.717, 1.165) is 18.5 Å². The molecule has 2 N–H and O–H groups in total. The van der Waals surface area contributed by atoms with Gasteiger partial charge in [-0.2, -0.15) is 0 Å². The Hall–Kier alpha value is -0.930. The fourth-order valence-corrected chi connectivity index (χ4v) is 1.72. The number of aliphatic hydroxyl groups excluding tert-OH is 1. The molecule has 0 radical (unpaired) electrons. The fourth-order valence-electron chi connectivity index (χ4n) is 1.72. The lowest BCUT2D eigenvalue weighted by atomic mass is 10.0. The molecule has 0 saturated heterocycles. The molecule has 0 aliphatic carbocycles. The zero-order valence-electron chi connectivity index (χ0n) is 9.96. The number of rotatable bonds is 6. The molecule has 0 aliphatic rings. The van der Waals surface area contributed by atoms with E-state index in [1.165, 1.54) is 6.07 Å². The number of aryl methyl sites for hydroxylation is 1. The molecule has 1 aromatic carbocycles. The van der Waals surface area contributed by atoms with Gasteiger partial charge in [0.1, 0.15) is 5.82 Å². The van der Waals surface area contributed by atoms with Crippen LogP contribution in [0.3, 0.4) is 0 Å². The van der Waals surface area contributed by atoms with E-state index in [1.807, 2.05) is 6.07 Å². The third kappa shape index (κ3) is 3.58. The van der Waals surface area contributed by atoms with Crippen LogP contribution in [0.2, 0.25) is 0 Å². The molecule has 1 rings (SSSR count). The standard InChI is InChI=1S/C13H20FNO/c1-3-7-15-13(6-8-16)11-4-5-12(14)10(2)9-11/h4-5,9,13,15-16H,3,6-8H2,1-2H3. The molecule has 0 amide bonds. The largest absolute Gasteiger partial charge is 0.396 e. The van der Waals surface area contributed by atoms with Gasteiger partial charge in [0.2, 0.25) is 0 Å². The smallest absolute Gasteiger partial charge is 0.126 e. The van der Waals surface area contributed by atoms with Crippen molar-refractivity contribution >= 4 is 0 Å². The minimum atomic E-state index is -0.179. The van der Waals surface area contributed by atoms with Crippen LogP contribution in [0.5, 0.6) is 0 Å². The highest BCUT2D eigenvalue weighted by Gasteiger charge is 2.11. The van der Waals surface area contributed by atoms with Crippen molar-refractivity contribution < 1.29 is 9.50 Å². The van der Waals surface area contributed by atoms with E-state index in [2.05, 4.69) is 12.2 Å². The second-order valence-electron chi connectivity index (χ2n) is 4.03. The van der Waals surface area contributed by atoms with Gasteiger partial charge in [-0.15, -0.1) is 0 Å². The molecule has 1 atom stereocenters. The summed E-state index contributed by atoms with van der Waals surface area (Å²) >= 11 is 0. The summed E-state index contributed by atoms with van der Waals surface area (Å²) in [5.74, 6) is -0.179. The van der Waals surface area contributed by atoms with Gasteiger partial charge < -0.3 is 10.4 Å². The number of benzene rings is 1. The predicted octanol–water partition coefficient (Wildman–Crippen LogP) is 2.56. The molecule has 1 aromatic rings. The van der Waals surface area contributed by atoms with Crippen LogP contribution in [0.15, 0.2) is 18.2 Å². The predicted molar refractivity (Wildman–Crippen MR) is 63.9 cm³/mol. The van der Waals surface area contributed by atoms with Crippen LogP contribution >= 0.6 is 0 Å². The molecule has 3 heteroatoms. The minimum Gasteiger partial charge on any atom is -0.396 e. The first-order valence-corrected chi connectivity index (χ1v) is 5.79. The summed E-state index contributed by atoms with van der Waals surface area (Å²) in [5, 5.41) is 12.4. The average Bonchev–Trinajstić information content (AvgIpc) is 2.28. The number of aliphatic hydroxyl groups is 1. The third-order valence-corrected chi connectivity index (χ3v) is 2.64. The topological polar surface area (TPSA) is 32.3 Å².